The summed E-state index contributed by atoms with van der Waals surface area (Å²) in [5.74, 6) is 0. The van der Waals surface area contributed by atoms with Gasteiger partial charge in [-0.05, 0) is 0 Å². The Hall–Kier alpha value is -5.08. The number of rotatable bonds is 7. The van der Waals surface area contributed by atoms with Gasteiger partial charge in [0.25, 0.3) is 0 Å². The van der Waals surface area contributed by atoms with E-state index in [0.29, 0.717) is 0 Å². The van der Waals surface area contributed by atoms with Crippen LogP contribution in [0.3, 0.4) is 0 Å². The summed E-state index contributed by atoms with van der Waals surface area (Å²) in [6.07, 6.45) is 5.17. The van der Waals surface area contributed by atoms with E-state index in [1.165, 1.54) is 114 Å². The third-order valence-electron chi connectivity index (χ3n) is 16.7. The molecule has 0 spiro atoms. The summed E-state index contributed by atoms with van der Waals surface area (Å²) < 4.78 is 0.757. The second-order valence-corrected chi connectivity index (χ2v) is 48.1. The number of halogens is 2. The van der Waals surface area contributed by atoms with Gasteiger partial charge in [0.1, 0.15) is 0 Å². The molecule has 0 fully saturated rings. The van der Waals surface area contributed by atoms with Crippen molar-refractivity contribution >= 4 is 52.3 Å². The summed E-state index contributed by atoms with van der Waals surface area (Å²) >= 11 is -6.07. The molecule has 2 atom stereocenters. The van der Waals surface area contributed by atoms with Crippen LogP contribution in [0.2, 0.25) is 0 Å². The van der Waals surface area contributed by atoms with Crippen LogP contribution in [0, 0.1) is 10.8 Å². The molecule has 4 heteroatoms. The molecule has 0 saturated heterocycles. The zero-order valence-corrected chi connectivity index (χ0v) is 50.9. The molecule has 74 heavy (non-hydrogen) atoms. The zero-order chi connectivity index (χ0) is 52.4. The summed E-state index contributed by atoms with van der Waals surface area (Å²) in [7, 11) is 18.7. The zero-order valence-electron chi connectivity index (χ0n) is 45.5. The van der Waals surface area contributed by atoms with Crippen molar-refractivity contribution in [1.29, 1.82) is 0 Å². The van der Waals surface area contributed by atoms with Crippen LogP contribution in [0.4, 0.5) is 0 Å². The van der Waals surface area contributed by atoms with Crippen LogP contribution in [0.5, 0.6) is 0 Å². The molecule has 2 unspecified atom stereocenters. The Kier molecular flexibility index (Phi) is 12.4. The summed E-state index contributed by atoms with van der Waals surface area (Å²) in [6.45, 7) is 28.6. The number of hydrogen-bond acceptors (Lipinski definition) is 0. The summed E-state index contributed by atoms with van der Waals surface area (Å²) in [5.41, 5.74) is 22.1. The topological polar surface area (TPSA) is 0 Å². The Bertz CT molecular complexity index is 3420. The molecule has 0 amide bonds. The van der Waals surface area contributed by atoms with Crippen molar-refractivity contribution in [3.63, 3.8) is 0 Å². The number of allylic oxidation sites excluding steroid dienone is 2. The van der Waals surface area contributed by atoms with Crippen LogP contribution in [-0.2, 0) is 27.2 Å². The van der Waals surface area contributed by atoms with Gasteiger partial charge >= 0.3 is 457 Å². The van der Waals surface area contributed by atoms with Gasteiger partial charge in [-0.3, -0.25) is 0 Å². The first kappa shape index (κ1) is 51.0. The number of benzene rings is 8. The molecule has 1 heterocycles. The van der Waals surface area contributed by atoms with E-state index in [-0.39, 0.29) is 28.9 Å². The van der Waals surface area contributed by atoms with Crippen LogP contribution in [-0.4, -0.2) is 9.52 Å². The Balaban J connectivity index is 1.29. The second-order valence-electron chi connectivity index (χ2n) is 25.7. The molecule has 0 saturated carbocycles. The number of fused-ring (bicyclic) bond motifs is 5. The first-order valence-electron chi connectivity index (χ1n) is 26.8. The normalized spacial score (nSPS) is 17.2. The fraction of sp³-hybridized carbons (Fsp3) is 0.257. The maximum absolute atomic E-state index is 9.84. The summed E-state index contributed by atoms with van der Waals surface area (Å²) in [5, 5.41) is 2.91. The van der Waals surface area contributed by atoms with Gasteiger partial charge in [-0.25, -0.2) is 0 Å². The minimum absolute atomic E-state index is 0.163. The molecular weight excluding hydrogens is 1030 g/mol. The van der Waals surface area contributed by atoms with Gasteiger partial charge in [-0.2, -0.15) is 0 Å². The standard InChI is InChI=1S/2C29H31.C12H9Si.2ClH.Zr/c2*1-28(2,3)22-18-21-16-17-26(29(4,5)6)27(25(21)19-22)24-15-11-10-14-23(24)20-12-8-7-9-13-20;1-3-7-11-9(5-1)10-6-2-4-8-12(10)13-11;;;/h2*7-19H,1-6H3;1-7H,13H2;2*1H;/q;;;;;+2/p-2. The third kappa shape index (κ3) is 8.23. The van der Waals surface area contributed by atoms with Crippen molar-refractivity contribution in [1.82, 2.24) is 0 Å². The van der Waals surface area contributed by atoms with Crippen LogP contribution in [0.15, 0.2) is 187 Å². The van der Waals surface area contributed by atoms with Gasteiger partial charge < -0.3 is 0 Å². The third-order valence-corrected chi connectivity index (χ3v) is 39.2. The Morgan fingerprint density at radius 1 is 0.365 bits per heavy atom. The van der Waals surface area contributed by atoms with Crippen molar-refractivity contribution in [2.45, 2.75) is 101 Å². The maximum atomic E-state index is 9.84. The van der Waals surface area contributed by atoms with Gasteiger partial charge in [-0.1, -0.05) is 0 Å². The van der Waals surface area contributed by atoms with E-state index in [0.717, 1.165) is 0 Å². The van der Waals surface area contributed by atoms with Crippen LogP contribution in [0.25, 0.3) is 67.8 Å². The average Bonchev–Trinajstić information content (AvgIpc) is 4.15. The molecule has 8 aromatic rings. The fourth-order valence-corrected chi connectivity index (χ4v) is 41.7. The summed E-state index contributed by atoms with van der Waals surface area (Å²) in [6, 6.07) is 66.0. The van der Waals surface area contributed by atoms with E-state index < -0.39 is 25.9 Å². The van der Waals surface area contributed by atoms with E-state index in [9.17, 15) is 17.0 Å². The van der Waals surface area contributed by atoms with E-state index in [1.54, 1.807) is 0 Å². The Morgan fingerprint density at radius 3 is 1.16 bits per heavy atom. The number of hydrogen-bond donors (Lipinski definition) is 0. The van der Waals surface area contributed by atoms with Crippen LogP contribution < -0.4 is 13.6 Å². The Labute approximate surface area is 453 Å². The van der Waals surface area contributed by atoms with Crippen molar-refractivity contribution in [3.05, 3.63) is 220 Å². The van der Waals surface area contributed by atoms with Crippen molar-refractivity contribution in [2.24, 2.45) is 10.8 Å². The molecule has 1 aliphatic heterocycles. The van der Waals surface area contributed by atoms with Gasteiger partial charge in [-0.15, -0.1) is 0 Å². The quantitative estimate of drug-likeness (QED) is 0.140. The molecule has 8 aromatic carbocycles. The molecule has 11 rings (SSSR count). The first-order chi connectivity index (χ1) is 35.0. The van der Waals surface area contributed by atoms with E-state index in [1.807, 2.05) is 0 Å². The van der Waals surface area contributed by atoms with Crippen molar-refractivity contribution < 1.29 is 16.4 Å². The van der Waals surface area contributed by atoms with Crippen molar-refractivity contribution in [2.75, 3.05) is 0 Å². The molecule has 0 bridgehead atoms. The molecule has 0 nitrogen and oxygen atoms in total. The van der Waals surface area contributed by atoms with Gasteiger partial charge in [0.2, 0.25) is 0 Å². The predicted octanol–water partition coefficient (Wildman–Crippen LogP) is 18.0. The van der Waals surface area contributed by atoms with Gasteiger partial charge in [0.05, 0.1) is 0 Å². The van der Waals surface area contributed by atoms with Gasteiger partial charge in [0.15, 0.2) is 0 Å². The molecule has 373 valence electrons. The SMILES string of the molecule is CC(C)(C)C1=Cc2c(ccc(C(C)(C)C)c2-c2ccccc2-c2ccccc2)[CH]1[Zr]([Cl])([Cl])([c]1cccc2c1[SiH2]c1ccccc1-2)[CH]1C(C(C)(C)C)=Cc2c1ccc(C(C)(C)C)c2-c1ccccc1-c1ccccc1. The average molecular weight is 1100 g/mol. The molecule has 0 aromatic heterocycles. The molecule has 0 radical (unpaired) electrons. The second kappa shape index (κ2) is 18.0. The molecule has 0 N–H and O–H groups in total. The molecule has 3 aliphatic rings. The summed E-state index contributed by atoms with van der Waals surface area (Å²) in [4.78, 5) is 0. The van der Waals surface area contributed by atoms with Crippen LogP contribution >= 0.6 is 17.0 Å². The van der Waals surface area contributed by atoms with E-state index in [4.69, 9.17) is 0 Å². The van der Waals surface area contributed by atoms with E-state index in [2.05, 4.69) is 271 Å². The first-order valence-corrected chi connectivity index (χ1v) is 38.7. The minimum atomic E-state index is -6.07. The Morgan fingerprint density at radius 2 is 0.743 bits per heavy atom. The van der Waals surface area contributed by atoms with Crippen LogP contribution in [0.1, 0.15) is 124 Å². The molecular formula is C70H71Cl2SiZr. The monoisotopic (exact) mass is 1100 g/mol. The predicted molar refractivity (Wildman–Crippen MR) is 323 cm³/mol. The van der Waals surface area contributed by atoms with Crippen molar-refractivity contribution in [3.8, 4) is 55.6 Å². The molecule has 2 aliphatic carbocycles. The van der Waals surface area contributed by atoms with E-state index >= 15 is 0 Å². The fourth-order valence-electron chi connectivity index (χ4n) is 13.4. The van der Waals surface area contributed by atoms with Gasteiger partial charge in [0, 0.05) is 0 Å².